The summed E-state index contributed by atoms with van der Waals surface area (Å²) < 4.78 is 60.8. The molecule has 5 atom stereocenters. The van der Waals surface area contributed by atoms with Crippen LogP contribution >= 0.6 is 15.6 Å². The molecule has 0 saturated heterocycles. The highest BCUT2D eigenvalue weighted by molar-refractivity contribution is 7.47. The van der Waals surface area contributed by atoms with Crippen LogP contribution in [0.25, 0.3) is 0 Å². The van der Waals surface area contributed by atoms with E-state index in [-0.39, 0.29) is 19.3 Å². The van der Waals surface area contributed by atoms with Gasteiger partial charge >= 0.3 is 33.6 Å². The molecule has 89 heavy (non-hydrogen) atoms. The van der Waals surface area contributed by atoms with E-state index in [1.54, 1.807) is 0 Å². The Labute approximate surface area is 540 Å². The first kappa shape index (κ1) is 85.7. The van der Waals surface area contributed by atoms with E-state index in [2.05, 4.69) is 106 Å². The molecule has 0 aromatic rings. The number of phosphoric ester groups is 2. The zero-order valence-electron chi connectivity index (χ0n) is 55.8. The number of ether oxygens (including phenoxy) is 3. The Morgan fingerprint density at radius 2 is 0.607 bits per heavy atom. The molecule has 0 amide bonds. The van der Waals surface area contributed by atoms with Gasteiger partial charge in [0.25, 0.3) is 0 Å². The number of allylic oxidation sites excluding steroid dienone is 14. The fourth-order valence-corrected chi connectivity index (χ4v) is 10.8. The third-order valence-electron chi connectivity index (χ3n) is 14.6. The molecule has 0 aliphatic rings. The van der Waals surface area contributed by atoms with E-state index >= 15 is 0 Å². The molecule has 0 aliphatic carbocycles. The van der Waals surface area contributed by atoms with Gasteiger partial charge in [0.05, 0.1) is 26.4 Å². The fourth-order valence-electron chi connectivity index (χ4n) is 9.26. The topological polar surface area (TPSA) is 231 Å². The molecule has 5 unspecified atom stereocenters. The highest BCUT2D eigenvalue weighted by Crippen LogP contribution is 2.45. The second-order valence-corrected chi connectivity index (χ2v) is 26.2. The molecule has 0 radical (unpaired) electrons. The molecule has 0 aliphatic heterocycles. The third kappa shape index (κ3) is 66.0. The van der Waals surface area contributed by atoms with Crippen LogP contribution in [-0.2, 0) is 55.8 Å². The first-order chi connectivity index (χ1) is 43.2. The monoisotopic (exact) mass is 1300 g/mol. The van der Waals surface area contributed by atoms with Crippen molar-refractivity contribution in [2.75, 3.05) is 39.6 Å². The van der Waals surface area contributed by atoms with Gasteiger partial charge in [-0.3, -0.25) is 32.5 Å². The van der Waals surface area contributed by atoms with Gasteiger partial charge in [-0.25, -0.2) is 9.13 Å². The normalized spacial score (nSPS) is 14.7. The summed E-state index contributed by atoms with van der Waals surface area (Å²) >= 11 is 0. The van der Waals surface area contributed by atoms with Crippen molar-refractivity contribution in [1.29, 1.82) is 0 Å². The number of rotatable bonds is 66. The number of aliphatic hydroxyl groups excluding tert-OH is 2. The highest BCUT2D eigenvalue weighted by atomic mass is 31.2. The second kappa shape index (κ2) is 64.8. The van der Waals surface area contributed by atoms with E-state index in [1.807, 2.05) is 0 Å². The summed E-state index contributed by atoms with van der Waals surface area (Å²) in [5, 5.41) is 20.5. The number of phosphoric acid groups is 2. The van der Waals surface area contributed by atoms with Crippen LogP contribution in [0.5, 0.6) is 0 Å². The molecule has 0 spiro atoms. The minimum Gasteiger partial charge on any atom is -0.463 e. The summed E-state index contributed by atoms with van der Waals surface area (Å²) in [5.41, 5.74) is 0. The number of carbonyl (C=O) groups excluding carboxylic acids is 3. The number of aliphatic hydroxyl groups is 2. The maximum Gasteiger partial charge on any atom is 0.472 e. The third-order valence-corrected chi connectivity index (χ3v) is 16.5. The quantitative estimate of drug-likeness (QED) is 0.0146. The standard InChI is InChI=1S/C71H126O16P2/c1-4-7-10-13-16-19-22-24-25-26-27-28-29-30-31-32-33-34-35-36-37-38-39-41-44-45-48-51-54-57-69(74)81-60-66(72)61-83-88(77,78)84-62-67(73)63-85-89(79,80)86-65-68(87-71(76)59-56-53-50-47-42-21-18-15-12-9-6-3)64-82-70(75)58-55-52-49-46-43-40-23-20-17-14-11-8-5-2/h7,10,15-16,18-19,24-25,27-28,30-31,33-34,66-68,72-73H,4-6,8-9,11-14,17,20-23,26,29,32,35-65H2,1-3H3,(H,77,78)(H,79,80)/b10-7-,18-15-,19-16-,25-24-,28-27-,31-30-,34-33-. The molecule has 0 aromatic carbocycles. The van der Waals surface area contributed by atoms with Gasteiger partial charge < -0.3 is 34.2 Å². The molecule has 18 heteroatoms. The molecular formula is C71H126O16P2. The molecular weight excluding hydrogens is 1170 g/mol. The lowest BCUT2D eigenvalue weighted by Gasteiger charge is -2.21. The zero-order chi connectivity index (χ0) is 65.3. The Morgan fingerprint density at radius 1 is 0.326 bits per heavy atom. The van der Waals surface area contributed by atoms with Crippen molar-refractivity contribution >= 4 is 33.6 Å². The molecule has 0 rings (SSSR count). The van der Waals surface area contributed by atoms with Gasteiger partial charge in [0, 0.05) is 19.3 Å². The molecule has 516 valence electrons. The molecule has 0 saturated carbocycles. The van der Waals surface area contributed by atoms with E-state index < -0.39 is 91.5 Å². The Morgan fingerprint density at radius 3 is 0.989 bits per heavy atom. The van der Waals surface area contributed by atoms with E-state index in [9.17, 15) is 43.5 Å². The number of hydrogen-bond donors (Lipinski definition) is 4. The second-order valence-electron chi connectivity index (χ2n) is 23.3. The maximum atomic E-state index is 12.8. The smallest absolute Gasteiger partial charge is 0.463 e. The van der Waals surface area contributed by atoms with Crippen LogP contribution in [0.4, 0.5) is 0 Å². The van der Waals surface area contributed by atoms with Crippen molar-refractivity contribution in [3.63, 3.8) is 0 Å². The van der Waals surface area contributed by atoms with Crippen molar-refractivity contribution in [3.8, 4) is 0 Å². The van der Waals surface area contributed by atoms with Gasteiger partial charge in [0.2, 0.25) is 0 Å². The van der Waals surface area contributed by atoms with Gasteiger partial charge in [-0.1, -0.05) is 266 Å². The SMILES string of the molecule is CC/C=C\C/C=C\C/C=C\C/C=C\C/C=C\C/C=C\CCCCCCCCCCCCC(=O)OCC(O)COP(=O)(O)OCC(O)COP(=O)(O)OCC(COC(=O)CCCCCCCCCCCCCCC)OC(=O)CCCCCCC/C=C\CCCC. The number of esters is 3. The van der Waals surface area contributed by atoms with Crippen LogP contribution in [0.2, 0.25) is 0 Å². The molecule has 0 bridgehead atoms. The Kier molecular flexibility index (Phi) is 62.4. The first-order valence-corrected chi connectivity index (χ1v) is 37.9. The summed E-state index contributed by atoms with van der Waals surface area (Å²) in [6, 6.07) is 0. The van der Waals surface area contributed by atoms with Crippen LogP contribution < -0.4 is 0 Å². The maximum absolute atomic E-state index is 12.8. The van der Waals surface area contributed by atoms with Gasteiger partial charge in [-0.2, -0.15) is 0 Å². The number of unbranched alkanes of at least 4 members (excludes halogenated alkanes) is 29. The van der Waals surface area contributed by atoms with Crippen LogP contribution in [0.3, 0.4) is 0 Å². The predicted molar refractivity (Wildman–Crippen MR) is 362 cm³/mol. The average molecular weight is 1300 g/mol. The summed E-state index contributed by atoms with van der Waals surface area (Å²) in [7, 11) is -9.76. The van der Waals surface area contributed by atoms with E-state index in [1.165, 1.54) is 103 Å². The van der Waals surface area contributed by atoms with E-state index in [0.29, 0.717) is 19.3 Å². The lowest BCUT2D eigenvalue weighted by atomic mass is 10.0. The van der Waals surface area contributed by atoms with Crippen molar-refractivity contribution in [1.82, 2.24) is 0 Å². The molecule has 16 nitrogen and oxygen atoms in total. The van der Waals surface area contributed by atoms with Crippen LogP contribution in [-0.4, -0.2) is 95.9 Å². The van der Waals surface area contributed by atoms with Crippen LogP contribution in [0, 0.1) is 0 Å². The zero-order valence-corrected chi connectivity index (χ0v) is 57.6. The fraction of sp³-hybridized carbons (Fsp3) is 0.761. The summed E-state index contributed by atoms with van der Waals surface area (Å²) in [6.45, 7) is 2.51. The van der Waals surface area contributed by atoms with Crippen LogP contribution in [0.1, 0.15) is 290 Å². The average Bonchev–Trinajstić information content (AvgIpc) is 3.73. The van der Waals surface area contributed by atoms with Crippen LogP contribution in [0.15, 0.2) is 85.1 Å². The summed E-state index contributed by atoms with van der Waals surface area (Å²) in [4.78, 5) is 58.2. The van der Waals surface area contributed by atoms with Crippen molar-refractivity contribution in [2.24, 2.45) is 0 Å². The van der Waals surface area contributed by atoms with E-state index in [0.717, 1.165) is 128 Å². The minimum absolute atomic E-state index is 0.0977. The molecule has 0 aromatic heterocycles. The molecule has 0 fully saturated rings. The summed E-state index contributed by atoms with van der Waals surface area (Å²) in [5.74, 6) is -1.58. The molecule has 4 N–H and O–H groups in total. The highest BCUT2D eigenvalue weighted by Gasteiger charge is 2.29. The lowest BCUT2D eigenvalue weighted by Crippen LogP contribution is -2.30. The minimum atomic E-state index is -4.91. The summed E-state index contributed by atoms with van der Waals surface area (Å²) in [6.07, 6.45) is 69.4. The van der Waals surface area contributed by atoms with Crippen molar-refractivity contribution in [2.45, 2.75) is 309 Å². The number of hydrogen-bond acceptors (Lipinski definition) is 14. The Hall–Kier alpha value is -3.27. The Balaban J connectivity index is 4.40. The van der Waals surface area contributed by atoms with Gasteiger partial charge in [0.1, 0.15) is 25.4 Å². The lowest BCUT2D eigenvalue weighted by molar-refractivity contribution is -0.161. The predicted octanol–water partition coefficient (Wildman–Crippen LogP) is 19.3. The van der Waals surface area contributed by atoms with Gasteiger partial charge in [-0.15, -0.1) is 0 Å². The Bertz CT molecular complexity index is 1970. The van der Waals surface area contributed by atoms with Gasteiger partial charge in [0.15, 0.2) is 6.10 Å². The molecule has 0 heterocycles. The van der Waals surface area contributed by atoms with Gasteiger partial charge in [-0.05, 0) is 89.9 Å². The first-order valence-electron chi connectivity index (χ1n) is 34.9. The van der Waals surface area contributed by atoms with Crippen molar-refractivity contribution < 1.29 is 75.8 Å². The largest absolute Gasteiger partial charge is 0.472 e. The van der Waals surface area contributed by atoms with E-state index in [4.69, 9.17) is 32.3 Å². The number of carbonyl (C=O) groups is 3. The van der Waals surface area contributed by atoms with Crippen molar-refractivity contribution in [3.05, 3.63) is 85.1 Å².